The second kappa shape index (κ2) is 6.43. The third-order valence-corrected chi connectivity index (χ3v) is 2.65. The van der Waals surface area contributed by atoms with Crippen molar-refractivity contribution in [1.82, 2.24) is 10.2 Å². The molecule has 1 N–H and O–H groups in total. The van der Waals surface area contributed by atoms with Crippen molar-refractivity contribution in [3.05, 3.63) is 0 Å². The van der Waals surface area contributed by atoms with Crippen LogP contribution in [0.1, 0.15) is 34.6 Å². The third kappa shape index (κ3) is 5.77. The Morgan fingerprint density at radius 3 is 2.55 bits per heavy atom. The van der Waals surface area contributed by atoms with Gasteiger partial charge in [0.2, 0.25) is 0 Å². The van der Waals surface area contributed by atoms with Crippen molar-refractivity contribution in [3.8, 4) is 0 Å². The second-order valence-corrected chi connectivity index (χ2v) is 6.67. The molecule has 1 aliphatic heterocycles. The van der Waals surface area contributed by atoms with Gasteiger partial charge in [0.1, 0.15) is 11.4 Å². The van der Waals surface area contributed by atoms with Crippen LogP contribution in [-0.4, -0.2) is 61.3 Å². The molecule has 6 nitrogen and oxygen atoms in total. The summed E-state index contributed by atoms with van der Waals surface area (Å²) in [6.45, 7) is 11.9. The highest BCUT2D eigenvalue weighted by molar-refractivity contribution is 5.88. The van der Waals surface area contributed by atoms with E-state index in [-0.39, 0.29) is 11.6 Å². The summed E-state index contributed by atoms with van der Waals surface area (Å²) in [5.41, 5.74) is -0.695. The highest BCUT2D eigenvalue weighted by Gasteiger charge is 2.27. The number of amides is 1. The minimum Gasteiger partial charge on any atom is -0.444 e. The summed E-state index contributed by atoms with van der Waals surface area (Å²) in [6.07, 6.45) is -0.295. The number of hydrogen-bond acceptors (Lipinski definition) is 5. The first-order valence-corrected chi connectivity index (χ1v) is 6.91. The molecule has 1 heterocycles. The zero-order valence-corrected chi connectivity index (χ0v) is 13.4. The lowest BCUT2D eigenvalue weighted by Gasteiger charge is -2.33. The van der Waals surface area contributed by atoms with E-state index >= 15 is 0 Å². The van der Waals surface area contributed by atoms with E-state index in [1.165, 1.54) is 0 Å². The zero-order valence-electron chi connectivity index (χ0n) is 13.4. The summed E-state index contributed by atoms with van der Waals surface area (Å²) in [6, 6.07) is 0. The number of nitrogens with one attached hydrogen (secondary N) is 1. The van der Waals surface area contributed by atoms with Crippen LogP contribution in [0.25, 0.3) is 0 Å². The normalized spacial score (nSPS) is 16.7. The van der Waals surface area contributed by atoms with Crippen molar-refractivity contribution in [2.75, 3.05) is 33.4 Å². The van der Waals surface area contributed by atoms with E-state index in [9.17, 15) is 4.79 Å². The Kier molecular flexibility index (Phi) is 5.39. The molecule has 0 spiro atoms. The number of aliphatic imine (C=N–C) groups is 1. The van der Waals surface area contributed by atoms with Crippen LogP contribution in [0.15, 0.2) is 4.99 Å². The standard InChI is InChI=1S/C14H27N3O3/c1-13(2,3)20-12(18)17-8-7-15-11(9-17)16-14(4,5)10-19-6/h7-10H2,1-6H3,(H,15,16). The van der Waals surface area contributed by atoms with Crippen LogP contribution >= 0.6 is 0 Å². The van der Waals surface area contributed by atoms with Gasteiger partial charge >= 0.3 is 6.09 Å². The Balaban J connectivity index is 2.58. The second-order valence-electron chi connectivity index (χ2n) is 6.67. The molecule has 1 amide bonds. The van der Waals surface area contributed by atoms with Crippen molar-refractivity contribution < 1.29 is 14.3 Å². The molecule has 116 valence electrons. The maximum absolute atomic E-state index is 12.0. The van der Waals surface area contributed by atoms with Crippen LogP contribution < -0.4 is 5.32 Å². The number of methoxy groups -OCH3 is 1. The van der Waals surface area contributed by atoms with Gasteiger partial charge < -0.3 is 14.8 Å². The molecule has 6 heteroatoms. The maximum atomic E-state index is 12.0. The fourth-order valence-electron chi connectivity index (χ4n) is 1.96. The highest BCUT2D eigenvalue weighted by Crippen LogP contribution is 2.12. The van der Waals surface area contributed by atoms with Crippen LogP contribution in [0, 0.1) is 0 Å². The number of carbonyl (C=O) groups excluding carboxylic acids is 1. The van der Waals surface area contributed by atoms with E-state index < -0.39 is 5.60 Å². The average Bonchev–Trinajstić information content (AvgIpc) is 2.26. The lowest BCUT2D eigenvalue weighted by Crippen LogP contribution is -2.53. The molecule has 1 aliphatic rings. The molecule has 0 saturated heterocycles. The summed E-state index contributed by atoms with van der Waals surface area (Å²) in [7, 11) is 1.67. The van der Waals surface area contributed by atoms with Crippen molar-refractivity contribution >= 4 is 11.9 Å². The Bertz CT molecular complexity index is 372. The van der Waals surface area contributed by atoms with Gasteiger partial charge in [-0.15, -0.1) is 0 Å². The fourth-order valence-corrected chi connectivity index (χ4v) is 1.96. The van der Waals surface area contributed by atoms with Gasteiger partial charge in [0.15, 0.2) is 0 Å². The number of nitrogens with zero attached hydrogens (tertiary/aromatic N) is 2. The summed E-state index contributed by atoms with van der Waals surface area (Å²) in [4.78, 5) is 18.1. The fraction of sp³-hybridized carbons (Fsp3) is 0.857. The van der Waals surface area contributed by atoms with Crippen molar-refractivity contribution in [2.24, 2.45) is 4.99 Å². The number of ether oxygens (including phenoxy) is 2. The maximum Gasteiger partial charge on any atom is 0.410 e. The molecular weight excluding hydrogens is 258 g/mol. The highest BCUT2D eigenvalue weighted by atomic mass is 16.6. The smallest absolute Gasteiger partial charge is 0.410 e. The van der Waals surface area contributed by atoms with Crippen molar-refractivity contribution in [2.45, 2.75) is 45.8 Å². The van der Waals surface area contributed by atoms with Gasteiger partial charge in [0.25, 0.3) is 0 Å². The average molecular weight is 285 g/mol. The van der Waals surface area contributed by atoms with Crippen LogP contribution in [0.2, 0.25) is 0 Å². The number of amidine groups is 1. The molecule has 20 heavy (non-hydrogen) atoms. The molecule has 0 saturated carbocycles. The van der Waals surface area contributed by atoms with Crippen LogP contribution in [0.5, 0.6) is 0 Å². The zero-order chi connectivity index (χ0) is 15.4. The molecule has 0 aliphatic carbocycles. The predicted octanol–water partition coefficient (Wildman–Crippen LogP) is 1.65. The van der Waals surface area contributed by atoms with Crippen molar-refractivity contribution in [3.63, 3.8) is 0 Å². The van der Waals surface area contributed by atoms with Crippen molar-refractivity contribution in [1.29, 1.82) is 0 Å². The minimum atomic E-state index is -0.478. The molecule has 0 fully saturated rings. The van der Waals surface area contributed by atoms with Crippen LogP contribution in [0.3, 0.4) is 0 Å². The van der Waals surface area contributed by atoms with Crippen LogP contribution in [-0.2, 0) is 9.47 Å². The van der Waals surface area contributed by atoms with Gasteiger partial charge in [-0.05, 0) is 34.6 Å². The van der Waals surface area contributed by atoms with E-state index in [0.29, 0.717) is 26.2 Å². The molecular formula is C14H27N3O3. The Morgan fingerprint density at radius 2 is 2.00 bits per heavy atom. The van der Waals surface area contributed by atoms with E-state index in [0.717, 1.165) is 5.84 Å². The van der Waals surface area contributed by atoms with Gasteiger partial charge in [-0.2, -0.15) is 0 Å². The SMILES string of the molecule is COCC(C)(C)NC1=NCCN(C(=O)OC(C)(C)C)C1. The van der Waals surface area contributed by atoms with Gasteiger partial charge in [0, 0.05) is 13.7 Å². The Hall–Kier alpha value is -1.30. The number of rotatable bonds is 3. The molecule has 0 unspecified atom stereocenters. The van der Waals surface area contributed by atoms with Gasteiger partial charge in [-0.1, -0.05) is 0 Å². The monoisotopic (exact) mass is 285 g/mol. The van der Waals surface area contributed by atoms with E-state index in [1.54, 1.807) is 12.0 Å². The van der Waals surface area contributed by atoms with E-state index in [1.807, 2.05) is 34.6 Å². The van der Waals surface area contributed by atoms with Crippen LogP contribution in [0.4, 0.5) is 4.79 Å². The molecule has 0 radical (unpaired) electrons. The summed E-state index contributed by atoms with van der Waals surface area (Å²) in [5, 5.41) is 3.32. The minimum absolute atomic E-state index is 0.218. The van der Waals surface area contributed by atoms with Gasteiger partial charge in [-0.3, -0.25) is 9.89 Å². The molecule has 0 atom stereocenters. The molecule has 0 bridgehead atoms. The number of hydrogen-bond donors (Lipinski definition) is 1. The van der Waals surface area contributed by atoms with E-state index in [2.05, 4.69) is 10.3 Å². The predicted molar refractivity (Wildman–Crippen MR) is 79.2 cm³/mol. The quantitative estimate of drug-likeness (QED) is 0.856. The Labute approximate surface area is 121 Å². The lowest BCUT2D eigenvalue weighted by molar-refractivity contribution is 0.0274. The number of carbonyl (C=O) groups is 1. The molecule has 1 rings (SSSR count). The topological polar surface area (TPSA) is 63.2 Å². The molecule has 0 aromatic heterocycles. The lowest BCUT2D eigenvalue weighted by atomic mass is 10.1. The van der Waals surface area contributed by atoms with Gasteiger partial charge in [-0.25, -0.2) is 4.79 Å². The summed E-state index contributed by atoms with van der Waals surface area (Å²) in [5.74, 6) is 0.796. The molecule has 0 aromatic carbocycles. The van der Waals surface area contributed by atoms with E-state index in [4.69, 9.17) is 9.47 Å². The Morgan fingerprint density at radius 1 is 1.35 bits per heavy atom. The first-order valence-electron chi connectivity index (χ1n) is 6.91. The van der Waals surface area contributed by atoms with Gasteiger partial charge in [0.05, 0.1) is 25.2 Å². The summed E-state index contributed by atoms with van der Waals surface area (Å²) >= 11 is 0. The first-order chi connectivity index (χ1) is 9.13. The summed E-state index contributed by atoms with van der Waals surface area (Å²) < 4.78 is 10.5. The largest absolute Gasteiger partial charge is 0.444 e. The molecule has 0 aromatic rings. The first kappa shape index (κ1) is 16.8. The third-order valence-electron chi connectivity index (χ3n) is 2.65.